The Hall–Kier alpha value is -2.99. The summed E-state index contributed by atoms with van der Waals surface area (Å²) in [6.07, 6.45) is 5.24. The van der Waals surface area contributed by atoms with E-state index in [0.29, 0.717) is 6.54 Å². The van der Waals surface area contributed by atoms with Gasteiger partial charge < -0.3 is 9.80 Å². The molecule has 1 aliphatic rings. The van der Waals surface area contributed by atoms with E-state index in [1.54, 1.807) is 6.08 Å². The maximum absolute atomic E-state index is 12.6. The van der Waals surface area contributed by atoms with Gasteiger partial charge in [0.25, 0.3) is 0 Å². The summed E-state index contributed by atoms with van der Waals surface area (Å²) >= 11 is 1.45. The molecule has 0 unspecified atom stereocenters. The standard InChI is InChI=1S/C24H26N4OS/c1-19-8-10-21(11-9-19)18-22-25-24(30-26-22)28-15-5-14-27(16-17-28)23(29)13-12-20-6-3-2-4-7-20/h2-4,6-13H,5,14-18H2,1H3. The predicted octanol–water partition coefficient (Wildman–Crippen LogP) is 4.19. The Bertz CT molecular complexity index is 998. The number of rotatable bonds is 5. The first-order valence-corrected chi connectivity index (χ1v) is 11.1. The lowest BCUT2D eigenvalue weighted by atomic mass is 10.1. The number of benzene rings is 2. The summed E-state index contributed by atoms with van der Waals surface area (Å²) in [6, 6.07) is 18.4. The van der Waals surface area contributed by atoms with Crippen molar-refractivity contribution in [2.45, 2.75) is 19.8 Å². The lowest BCUT2D eigenvalue weighted by Crippen LogP contribution is -2.34. The molecule has 3 aromatic rings. The van der Waals surface area contributed by atoms with Crippen molar-refractivity contribution < 1.29 is 4.79 Å². The maximum Gasteiger partial charge on any atom is 0.246 e. The van der Waals surface area contributed by atoms with Crippen LogP contribution < -0.4 is 4.90 Å². The van der Waals surface area contributed by atoms with E-state index in [1.165, 1.54) is 22.7 Å². The summed E-state index contributed by atoms with van der Waals surface area (Å²) in [5.41, 5.74) is 3.52. The number of amides is 1. The van der Waals surface area contributed by atoms with Crippen LogP contribution in [0.5, 0.6) is 0 Å². The van der Waals surface area contributed by atoms with Gasteiger partial charge in [-0.1, -0.05) is 60.2 Å². The van der Waals surface area contributed by atoms with Gasteiger partial charge in [0, 0.05) is 50.2 Å². The summed E-state index contributed by atoms with van der Waals surface area (Å²) in [6.45, 7) is 5.23. The van der Waals surface area contributed by atoms with E-state index in [-0.39, 0.29) is 5.91 Å². The first kappa shape index (κ1) is 20.3. The number of hydrogen-bond donors (Lipinski definition) is 0. The van der Waals surface area contributed by atoms with E-state index < -0.39 is 0 Å². The fourth-order valence-corrected chi connectivity index (χ4v) is 4.24. The number of aromatic nitrogens is 2. The molecule has 1 saturated heterocycles. The second kappa shape index (κ2) is 9.67. The van der Waals surface area contributed by atoms with Crippen molar-refractivity contribution in [3.63, 3.8) is 0 Å². The number of aryl methyl sites for hydroxylation is 1. The molecule has 1 amide bonds. The topological polar surface area (TPSA) is 49.3 Å². The van der Waals surface area contributed by atoms with Crippen LogP contribution in [0.25, 0.3) is 6.08 Å². The minimum absolute atomic E-state index is 0.0676. The van der Waals surface area contributed by atoms with Crippen LogP contribution in [-0.2, 0) is 11.2 Å². The largest absolute Gasteiger partial charge is 0.345 e. The Labute approximate surface area is 181 Å². The first-order chi connectivity index (χ1) is 14.7. The Balaban J connectivity index is 1.34. The van der Waals surface area contributed by atoms with E-state index in [4.69, 9.17) is 4.98 Å². The normalized spacial score (nSPS) is 14.8. The molecule has 1 aliphatic heterocycles. The van der Waals surface area contributed by atoms with Crippen LogP contribution in [0.1, 0.15) is 28.9 Å². The Morgan fingerprint density at radius 3 is 2.63 bits per heavy atom. The second-order valence-corrected chi connectivity index (χ2v) is 8.30. The number of nitrogens with zero attached hydrogens (tertiary/aromatic N) is 4. The van der Waals surface area contributed by atoms with Crippen molar-refractivity contribution in [3.05, 3.63) is 83.2 Å². The van der Waals surface area contributed by atoms with Crippen LogP contribution >= 0.6 is 11.5 Å². The smallest absolute Gasteiger partial charge is 0.246 e. The Morgan fingerprint density at radius 2 is 1.83 bits per heavy atom. The number of anilines is 1. The van der Waals surface area contributed by atoms with Gasteiger partial charge in [-0.05, 0) is 30.5 Å². The molecule has 0 N–H and O–H groups in total. The molecule has 5 nitrogen and oxygen atoms in total. The van der Waals surface area contributed by atoms with Crippen molar-refractivity contribution in [1.29, 1.82) is 0 Å². The molecule has 154 valence electrons. The van der Waals surface area contributed by atoms with Gasteiger partial charge in [-0.15, -0.1) is 0 Å². The van der Waals surface area contributed by atoms with Gasteiger partial charge >= 0.3 is 0 Å². The molecular formula is C24H26N4OS. The highest BCUT2D eigenvalue weighted by molar-refractivity contribution is 7.09. The van der Waals surface area contributed by atoms with Crippen LogP contribution in [0.15, 0.2) is 60.7 Å². The zero-order valence-corrected chi connectivity index (χ0v) is 18.0. The monoisotopic (exact) mass is 418 g/mol. The van der Waals surface area contributed by atoms with E-state index in [9.17, 15) is 4.79 Å². The molecule has 0 radical (unpaired) electrons. The molecule has 2 heterocycles. The highest BCUT2D eigenvalue weighted by Gasteiger charge is 2.20. The molecule has 0 aliphatic carbocycles. The summed E-state index contributed by atoms with van der Waals surface area (Å²) in [5, 5.41) is 0.950. The number of carbonyl (C=O) groups is 1. The van der Waals surface area contributed by atoms with Crippen LogP contribution in [-0.4, -0.2) is 46.3 Å². The molecule has 1 aromatic heterocycles. The zero-order valence-electron chi connectivity index (χ0n) is 17.2. The third kappa shape index (κ3) is 5.33. The van der Waals surface area contributed by atoms with E-state index in [2.05, 4.69) is 40.5 Å². The van der Waals surface area contributed by atoms with Crippen molar-refractivity contribution in [2.24, 2.45) is 0 Å². The molecule has 2 aromatic carbocycles. The van der Waals surface area contributed by atoms with Crippen LogP contribution in [0.4, 0.5) is 5.13 Å². The molecule has 0 saturated carbocycles. The molecular weight excluding hydrogens is 392 g/mol. The molecule has 30 heavy (non-hydrogen) atoms. The summed E-state index contributed by atoms with van der Waals surface area (Å²) in [4.78, 5) is 21.5. The van der Waals surface area contributed by atoms with E-state index >= 15 is 0 Å². The van der Waals surface area contributed by atoms with Gasteiger partial charge in [-0.25, -0.2) is 4.98 Å². The fraction of sp³-hybridized carbons (Fsp3) is 0.292. The van der Waals surface area contributed by atoms with Crippen molar-refractivity contribution in [3.8, 4) is 0 Å². The van der Waals surface area contributed by atoms with Crippen LogP contribution in [0, 0.1) is 6.92 Å². The van der Waals surface area contributed by atoms with Crippen molar-refractivity contribution in [2.75, 3.05) is 31.1 Å². The lowest BCUT2D eigenvalue weighted by Gasteiger charge is -2.20. The minimum atomic E-state index is 0.0676. The summed E-state index contributed by atoms with van der Waals surface area (Å²) < 4.78 is 4.55. The van der Waals surface area contributed by atoms with Gasteiger partial charge in [-0.3, -0.25) is 4.79 Å². The van der Waals surface area contributed by atoms with Gasteiger partial charge in [-0.2, -0.15) is 4.37 Å². The quantitative estimate of drug-likeness (QED) is 0.583. The van der Waals surface area contributed by atoms with Crippen LogP contribution in [0.2, 0.25) is 0 Å². The van der Waals surface area contributed by atoms with Gasteiger partial charge in [0.2, 0.25) is 11.0 Å². The summed E-state index contributed by atoms with van der Waals surface area (Å²) in [5.74, 6) is 0.930. The fourth-order valence-electron chi connectivity index (χ4n) is 3.50. The highest BCUT2D eigenvalue weighted by Crippen LogP contribution is 2.21. The summed E-state index contributed by atoms with van der Waals surface area (Å²) in [7, 11) is 0. The third-order valence-corrected chi connectivity index (χ3v) is 6.05. The van der Waals surface area contributed by atoms with Gasteiger partial charge in [0.1, 0.15) is 5.82 Å². The van der Waals surface area contributed by atoms with Crippen LogP contribution in [0.3, 0.4) is 0 Å². The molecule has 0 atom stereocenters. The second-order valence-electron chi connectivity index (χ2n) is 7.57. The van der Waals surface area contributed by atoms with E-state index in [0.717, 1.165) is 49.0 Å². The SMILES string of the molecule is Cc1ccc(Cc2nsc(N3CCCN(C(=O)C=Cc4ccccc4)CC3)n2)cc1. The predicted molar refractivity (Wildman–Crippen MR) is 123 cm³/mol. The average molecular weight is 419 g/mol. The molecule has 4 rings (SSSR count). The Morgan fingerprint density at radius 1 is 1.03 bits per heavy atom. The van der Waals surface area contributed by atoms with Crippen molar-refractivity contribution in [1.82, 2.24) is 14.3 Å². The average Bonchev–Trinajstić information content (AvgIpc) is 3.09. The van der Waals surface area contributed by atoms with Gasteiger partial charge in [0.15, 0.2) is 0 Å². The van der Waals surface area contributed by atoms with Gasteiger partial charge in [0.05, 0.1) is 0 Å². The van der Waals surface area contributed by atoms with E-state index in [1.807, 2.05) is 41.3 Å². The Kier molecular flexibility index (Phi) is 6.54. The maximum atomic E-state index is 12.6. The van der Waals surface area contributed by atoms with Crippen molar-refractivity contribution >= 4 is 28.6 Å². The highest BCUT2D eigenvalue weighted by atomic mass is 32.1. The number of hydrogen-bond acceptors (Lipinski definition) is 5. The molecule has 0 spiro atoms. The first-order valence-electron chi connectivity index (χ1n) is 10.3. The number of carbonyl (C=O) groups excluding carboxylic acids is 1. The zero-order chi connectivity index (χ0) is 20.8. The lowest BCUT2D eigenvalue weighted by molar-refractivity contribution is -0.125. The molecule has 1 fully saturated rings. The molecule has 0 bridgehead atoms. The third-order valence-electron chi connectivity index (χ3n) is 5.24. The molecule has 6 heteroatoms. The minimum Gasteiger partial charge on any atom is -0.345 e.